The Morgan fingerprint density at radius 3 is 1.95 bits per heavy atom. The maximum atomic E-state index is 5.86. The minimum absolute atomic E-state index is 0.608. The van der Waals surface area contributed by atoms with Crippen molar-refractivity contribution in [2.45, 2.75) is 33.1 Å². The zero-order valence-electron chi connectivity index (χ0n) is 12.4. The van der Waals surface area contributed by atoms with Crippen molar-refractivity contribution in [2.24, 2.45) is 0 Å². The lowest BCUT2D eigenvalue weighted by atomic mass is 10.1. The molecule has 21 heavy (non-hydrogen) atoms. The second-order valence-electron chi connectivity index (χ2n) is 5.11. The smallest absolute Gasteiger partial charge is 0.0721 e. The first kappa shape index (κ1) is 16.0. The molecule has 1 N–H and O–H groups in total. The van der Waals surface area contributed by atoms with E-state index in [0.717, 1.165) is 30.1 Å². The van der Waals surface area contributed by atoms with E-state index in [1.54, 1.807) is 0 Å². The number of ether oxygens (including phenoxy) is 1. The molecule has 0 aliphatic rings. The van der Waals surface area contributed by atoms with Gasteiger partial charge in [0.05, 0.1) is 13.2 Å². The Balaban J connectivity index is 1.74. The van der Waals surface area contributed by atoms with E-state index < -0.39 is 0 Å². The summed E-state index contributed by atoms with van der Waals surface area (Å²) < 4.78 is 5.73. The minimum atomic E-state index is 0.608. The second kappa shape index (κ2) is 8.83. The summed E-state index contributed by atoms with van der Waals surface area (Å²) >= 11 is 5.86. The van der Waals surface area contributed by atoms with Crippen molar-refractivity contribution in [3.63, 3.8) is 0 Å². The highest BCUT2D eigenvalue weighted by molar-refractivity contribution is 6.30. The van der Waals surface area contributed by atoms with Crippen molar-refractivity contribution in [1.29, 1.82) is 0 Å². The zero-order valence-corrected chi connectivity index (χ0v) is 13.2. The van der Waals surface area contributed by atoms with Gasteiger partial charge in [-0.1, -0.05) is 54.9 Å². The molecule has 2 aromatic rings. The van der Waals surface area contributed by atoms with Gasteiger partial charge < -0.3 is 10.1 Å². The molecule has 2 nitrogen and oxygen atoms in total. The van der Waals surface area contributed by atoms with Crippen molar-refractivity contribution in [3.05, 3.63) is 70.2 Å². The zero-order chi connectivity index (χ0) is 14.9. The molecule has 0 aliphatic carbocycles. The number of rotatable bonds is 8. The number of benzene rings is 2. The highest BCUT2D eigenvalue weighted by Crippen LogP contribution is 2.12. The van der Waals surface area contributed by atoms with Gasteiger partial charge in [-0.2, -0.15) is 0 Å². The Morgan fingerprint density at radius 2 is 1.38 bits per heavy atom. The standard InChI is InChI=1S/C18H22ClNO/c1-2-11-20-12-15-3-5-16(6-4-15)13-21-14-17-7-9-18(19)10-8-17/h3-10,20H,2,11-14H2,1H3. The summed E-state index contributed by atoms with van der Waals surface area (Å²) in [6.07, 6.45) is 1.16. The van der Waals surface area contributed by atoms with Crippen LogP contribution in [0.5, 0.6) is 0 Å². The third kappa shape index (κ3) is 5.88. The van der Waals surface area contributed by atoms with E-state index in [0.29, 0.717) is 13.2 Å². The molecule has 112 valence electrons. The highest BCUT2D eigenvalue weighted by atomic mass is 35.5. The van der Waals surface area contributed by atoms with Crippen molar-refractivity contribution < 1.29 is 4.74 Å². The van der Waals surface area contributed by atoms with Crippen LogP contribution in [0.1, 0.15) is 30.0 Å². The van der Waals surface area contributed by atoms with Gasteiger partial charge in [0.2, 0.25) is 0 Å². The third-order valence-corrected chi connectivity index (χ3v) is 3.48. The van der Waals surface area contributed by atoms with E-state index in [4.69, 9.17) is 16.3 Å². The van der Waals surface area contributed by atoms with Crippen LogP contribution in [0.15, 0.2) is 48.5 Å². The summed E-state index contributed by atoms with van der Waals surface area (Å²) in [5, 5.41) is 4.15. The van der Waals surface area contributed by atoms with E-state index in [-0.39, 0.29) is 0 Å². The van der Waals surface area contributed by atoms with E-state index >= 15 is 0 Å². The van der Waals surface area contributed by atoms with Crippen LogP contribution in [-0.2, 0) is 24.5 Å². The van der Waals surface area contributed by atoms with Gasteiger partial charge in [-0.05, 0) is 41.8 Å². The molecular formula is C18H22ClNO. The predicted octanol–water partition coefficient (Wildman–Crippen LogP) is 4.56. The van der Waals surface area contributed by atoms with Gasteiger partial charge in [0.25, 0.3) is 0 Å². The molecule has 2 rings (SSSR count). The van der Waals surface area contributed by atoms with Crippen molar-refractivity contribution in [2.75, 3.05) is 6.54 Å². The van der Waals surface area contributed by atoms with Crippen LogP contribution >= 0.6 is 11.6 Å². The summed E-state index contributed by atoms with van der Waals surface area (Å²) in [5.41, 5.74) is 3.65. The van der Waals surface area contributed by atoms with Crippen molar-refractivity contribution in [1.82, 2.24) is 5.32 Å². The Kier molecular flexibility index (Phi) is 6.74. The largest absolute Gasteiger partial charge is 0.372 e. The van der Waals surface area contributed by atoms with Crippen molar-refractivity contribution in [3.8, 4) is 0 Å². The highest BCUT2D eigenvalue weighted by Gasteiger charge is 1.97. The molecule has 0 saturated heterocycles. The van der Waals surface area contributed by atoms with Gasteiger partial charge in [0.1, 0.15) is 0 Å². The fourth-order valence-electron chi connectivity index (χ4n) is 2.03. The molecule has 0 spiro atoms. The molecule has 3 heteroatoms. The molecule has 0 radical (unpaired) electrons. The first-order chi connectivity index (χ1) is 10.3. The molecule has 0 aromatic heterocycles. The average molecular weight is 304 g/mol. The van der Waals surface area contributed by atoms with Gasteiger partial charge in [0.15, 0.2) is 0 Å². The van der Waals surface area contributed by atoms with Crippen LogP contribution in [0.25, 0.3) is 0 Å². The van der Waals surface area contributed by atoms with Gasteiger partial charge in [-0.15, -0.1) is 0 Å². The lowest BCUT2D eigenvalue weighted by Crippen LogP contribution is -2.13. The Hall–Kier alpha value is -1.35. The van der Waals surface area contributed by atoms with Crippen molar-refractivity contribution >= 4 is 11.6 Å². The number of hydrogen-bond donors (Lipinski definition) is 1. The predicted molar refractivity (Wildman–Crippen MR) is 88.4 cm³/mol. The average Bonchev–Trinajstić information content (AvgIpc) is 2.51. The van der Waals surface area contributed by atoms with Gasteiger partial charge in [-0.25, -0.2) is 0 Å². The molecular weight excluding hydrogens is 282 g/mol. The molecule has 0 aliphatic heterocycles. The lowest BCUT2D eigenvalue weighted by molar-refractivity contribution is 0.107. The minimum Gasteiger partial charge on any atom is -0.372 e. The summed E-state index contributed by atoms with van der Waals surface area (Å²) in [6, 6.07) is 16.3. The molecule has 0 bridgehead atoms. The van der Waals surface area contributed by atoms with E-state index in [1.165, 1.54) is 11.1 Å². The molecule has 0 unspecified atom stereocenters. The Morgan fingerprint density at radius 1 is 0.857 bits per heavy atom. The topological polar surface area (TPSA) is 21.3 Å². The number of halogens is 1. The molecule has 0 saturated carbocycles. The normalized spacial score (nSPS) is 10.8. The quantitative estimate of drug-likeness (QED) is 0.722. The Bertz CT molecular complexity index is 522. The summed E-state index contributed by atoms with van der Waals surface area (Å²) in [4.78, 5) is 0. The molecule has 2 aromatic carbocycles. The SMILES string of the molecule is CCCNCc1ccc(COCc2ccc(Cl)cc2)cc1. The van der Waals surface area contributed by atoms with E-state index in [1.807, 2.05) is 24.3 Å². The summed E-state index contributed by atoms with van der Waals surface area (Å²) in [6.45, 7) is 5.40. The first-order valence-corrected chi connectivity index (χ1v) is 7.76. The lowest BCUT2D eigenvalue weighted by Gasteiger charge is -2.07. The fraction of sp³-hybridized carbons (Fsp3) is 0.333. The maximum Gasteiger partial charge on any atom is 0.0721 e. The fourth-order valence-corrected chi connectivity index (χ4v) is 2.16. The monoisotopic (exact) mass is 303 g/mol. The van der Waals surface area contributed by atoms with Gasteiger partial charge in [0, 0.05) is 11.6 Å². The van der Waals surface area contributed by atoms with E-state index in [2.05, 4.69) is 36.5 Å². The molecule has 0 atom stereocenters. The number of hydrogen-bond acceptors (Lipinski definition) is 2. The van der Waals surface area contributed by atoms with Crippen LogP contribution in [0.3, 0.4) is 0 Å². The third-order valence-electron chi connectivity index (χ3n) is 3.23. The van der Waals surface area contributed by atoms with Gasteiger partial charge >= 0.3 is 0 Å². The van der Waals surface area contributed by atoms with Crippen LogP contribution in [-0.4, -0.2) is 6.54 Å². The molecule has 0 amide bonds. The number of nitrogens with one attached hydrogen (secondary N) is 1. The van der Waals surface area contributed by atoms with Crippen LogP contribution in [0.2, 0.25) is 5.02 Å². The molecule has 0 heterocycles. The second-order valence-corrected chi connectivity index (χ2v) is 5.55. The molecule has 0 fully saturated rings. The maximum absolute atomic E-state index is 5.86. The van der Waals surface area contributed by atoms with Crippen LogP contribution < -0.4 is 5.32 Å². The van der Waals surface area contributed by atoms with E-state index in [9.17, 15) is 0 Å². The Labute approximate surface area is 132 Å². The summed E-state index contributed by atoms with van der Waals surface area (Å²) in [5.74, 6) is 0. The van der Waals surface area contributed by atoms with Gasteiger partial charge in [-0.3, -0.25) is 0 Å². The van der Waals surface area contributed by atoms with Crippen LogP contribution in [0.4, 0.5) is 0 Å². The van der Waals surface area contributed by atoms with Crippen LogP contribution in [0, 0.1) is 0 Å². The summed E-state index contributed by atoms with van der Waals surface area (Å²) in [7, 11) is 0. The first-order valence-electron chi connectivity index (χ1n) is 7.38.